The number of carbonyl (C=O) groups excluding carboxylic acids is 1. The minimum Gasteiger partial charge on any atom is -0.345 e. The molecule has 0 bridgehead atoms. The quantitative estimate of drug-likeness (QED) is 0.762. The van der Waals surface area contributed by atoms with E-state index >= 15 is 0 Å². The van der Waals surface area contributed by atoms with E-state index in [0.717, 1.165) is 10.6 Å². The first-order valence-electron chi connectivity index (χ1n) is 7.22. The van der Waals surface area contributed by atoms with Gasteiger partial charge >= 0.3 is 0 Å². The fraction of sp³-hybridized carbons (Fsp3) is 0.176. The number of hydrogen-bond acceptors (Lipinski definition) is 3. The number of nitrogens with zero attached hydrogens (tertiary/aromatic N) is 2. The molecule has 4 nitrogen and oxygen atoms in total. The largest absolute Gasteiger partial charge is 0.345 e. The highest BCUT2D eigenvalue weighted by atomic mass is 35.5. The molecule has 2 heterocycles. The van der Waals surface area contributed by atoms with Crippen molar-refractivity contribution in [2.75, 3.05) is 0 Å². The second-order valence-electron chi connectivity index (χ2n) is 5.21. The van der Waals surface area contributed by atoms with Gasteiger partial charge in [-0.2, -0.15) is 5.10 Å². The van der Waals surface area contributed by atoms with Crippen LogP contribution in [0.3, 0.4) is 0 Å². The van der Waals surface area contributed by atoms with Crippen molar-refractivity contribution in [3.63, 3.8) is 0 Å². The Morgan fingerprint density at radius 2 is 2.00 bits per heavy atom. The molecule has 6 heteroatoms. The van der Waals surface area contributed by atoms with Crippen LogP contribution in [0.1, 0.15) is 33.9 Å². The Labute approximate surface area is 143 Å². The molecule has 3 aromatic rings. The number of carbonyl (C=O) groups is 1. The minimum atomic E-state index is -0.212. The van der Waals surface area contributed by atoms with E-state index in [1.54, 1.807) is 22.9 Å². The van der Waals surface area contributed by atoms with Gasteiger partial charge in [0.1, 0.15) is 5.15 Å². The van der Waals surface area contributed by atoms with Crippen LogP contribution in [0.5, 0.6) is 0 Å². The van der Waals surface area contributed by atoms with E-state index in [-0.39, 0.29) is 11.9 Å². The Morgan fingerprint density at radius 1 is 1.26 bits per heavy atom. The number of aromatic nitrogens is 2. The van der Waals surface area contributed by atoms with Gasteiger partial charge in [-0.25, -0.2) is 4.68 Å². The number of thiophene rings is 1. The van der Waals surface area contributed by atoms with E-state index in [1.165, 1.54) is 0 Å². The summed E-state index contributed by atoms with van der Waals surface area (Å²) in [4.78, 5) is 13.7. The molecule has 0 fully saturated rings. The topological polar surface area (TPSA) is 46.9 Å². The molecule has 0 aliphatic carbocycles. The van der Waals surface area contributed by atoms with Gasteiger partial charge in [0.05, 0.1) is 23.0 Å². The van der Waals surface area contributed by atoms with Gasteiger partial charge < -0.3 is 5.32 Å². The summed E-state index contributed by atoms with van der Waals surface area (Å²) in [6, 6.07) is 13.4. The van der Waals surface area contributed by atoms with E-state index in [0.29, 0.717) is 16.4 Å². The van der Waals surface area contributed by atoms with Crippen LogP contribution >= 0.6 is 22.9 Å². The van der Waals surface area contributed by atoms with Crippen molar-refractivity contribution in [2.45, 2.75) is 19.9 Å². The zero-order valence-corrected chi connectivity index (χ0v) is 14.4. The van der Waals surface area contributed by atoms with Crippen molar-refractivity contribution < 1.29 is 4.79 Å². The first-order valence-corrected chi connectivity index (χ1v) is 8.48. The molecule has 1 amide bonds. The van der Waals surface area contributed by atoms with Gasteiger partial charge in [-0.05, 0) is 37.4 Å². The molecule has 0 aliphatic rings. The maximum atomic E-state index is 12.6. The average Bonchev–Trinajstić information content (AvgIpc) is 3.16. The lowest BCUT2D eigenvalue weighted by atomic mass is 10.2. The molecule has 1 N–H and O–H groups in total. The maximum Gasteiger partial charge on any atom is 0.256 e. The van der Waals surface area contributed by atoms with Crippen molar-refractivity contribution >= 4 is 28.8 Å². The summed E-state index contributed by atoms with van der Waals surface area (Å²) in [5, 5.41) is 9.69. The van der Waals surface area contributed by atoms with Gasteiger partial charge in [0.2, 0.25) is 0 Å². The Kier molecular flexibility index (Phi) is 4.50. The Hall–Kier alpha value is -2.11. The minimum absolute atomic E-state index is 0.0713. The van der Waals surface area contributed by atoms with Gasteiger partial charge in [0, 0.05) is 4.88 Å². The van der Waals surface area contributed by atoms with Crippen LogP contribution < -0.4 is 5.32 Å². The first kappa shape index (κ1) is 15.8. The molecule has 0 aliphatic heterocycles. The SMILES string of the molecule is Cc1nn(-c2ccccc2)c(Cl)c1C(=O)N[C@@H](C)c1cccs1. The Balaban J connectivity index is 1.88. The number of nitrogens with one attached hydrogen (secondary N) is 1. The molecule has 0 radical (unpaired) electrons. The molecular weight excluding hydrogens is 330 g/mol. The highest BCUT2D eigenvalue weighted by Gasteiger charge is 2.22. The summed E-state index contributed by atoms with van der Waals surface area (Å²) in [5.74, 6) is -0.212. The van der Waals surface area contributed by atoms with E-state index in [4.69, 9.17) is 11.6 Å². The maximum absolute atomic E-state index is 12.6. The predicted octanol–water partition coefficient (Wildman–Crippen LogP) is 4.39. The third kappa shape index (κ3) is 3.16. The summed E-state index contributed by atoms with van der Waals surface area (Å²) in [7, 11) is 0. The molecule has 118 valence electrons. The number of para-hydroxylation sites is 1. The highest BCUT2D eigenvalue weighted by molar-refractivity contribution is 7.10. The summed E-state index contributed by atoms with van der Waals surface area (Å²) >= 11 is 8.02. The fourth-order valence-corrected chi connectivity index (χ4v) is 3.47. The molecule has 0 saturated carbocycles. The molecule has 0 saturated heterocycles. The normalized spacial score (nSPS) is 12.1. The fourth-order valence-electron chi connectivity index (χ4n) is 2.37. The summed E-state index contributed by atoms with van der Waals surface area (Å²) < 4.78 is 1.58. The van der Waals surface area contributed by atoms with Gasteiger partial charge in [-0.15, -0.1) is 11.3 Å². The van der Waals surface area contributed by atoms with Crippen molar-refractivity contribution in [3.8, 4) is 5.69 Å². The standard InChI is InChI=1S/C17H16ClN3OS/c1-11(14-9-6-10-23-14)19-17(22)15-12(2)20-21(16(15)18)13-7-4-3-5-8-13/h3-11H,1-2H3,(H,19,22)/t11-/m0/s1. The molecule has 2 aromatic heterocycles. The highest BCUT2D eigenvalue weighted by Crippen LogP contribution is 2.25. The van der Waals surface area contributed by atoms with Crippen LogP contribution in [0, 0.1) is 6.92 Å². The monoisotopic (exact) mass is 345 g/mol. The summed E-state index contributed by atoms with van der Waals surface area (Å²) in [6.45, 7) is 3.74. The van der Waals surface area contributed by atoms with E-state index in [1.807, 2.05) is 54.8 Å². The van der Waals surface area contributed by atoms with Crippen LogP contribution in [0.25, 0.3) is 5.69 Å². The Morgan fingerprint density at radius 3 is 2.65 bits per heavy atom. The van der Waals surface area contributed by atoms with Crippen molar-refractivity contribution in [2.24, 2.45) is 0 Å². The second-order valence-corrected chi connectivity index (χ2v) is 6.55. The number of halogens is 1. The third-order valence-corrected chi connectivity index (χ3v) is 4.95. The number of hydrogen-bond donors (Lipinski definition) is 1. The van der Waals surface area contributed by atoms with Crippen molar-refractivity contribution in [1.29, 1.82) is 0 Å². The third-order valence-electron chi connectivity index (χ3n) is 3.55. The van der Waals surface area contributed by atoms with E-state index in [9.17, 15) is 4.79 Å². The molecule has 0 spiro atoms. The van der Waals surface area contributed by atoms with E-state index in [2.05, 4.69) is 10.4 Å². The van der Waals surface area contributed by atoms with Gasteiger partial charge in [0.25, 0.3) is 5.91 Å². The molecule has 1 aromatic carbocycles. The van der Waals surface area contributed by atoms with Crippen LogP contribution in [0.4, 0.5) is 0 Å². The van der Waals surface area contributed by atoms with Crippen molar-refractivity contribution in [3.05, 3.63) is 69.1 Å². The van der Waals surface area contributed by atoms with Crippen LogP contribution in [-0.2, 0) is 0 Å². The van der Waals surface area contributed by atoms with Crippen LogP contribution in [-0.4, -0.2) is 15.7 Å². The zero-order chi connectivity index (χ0) is 16.4. The van der Waals surface area contributed by atoms with Crippen LogP contribution in [0.15, 0.2) is 47.8 Å². The number of amides is 1. The lowest BCUT2D eigenvalue weighted by Crippen LogP contribution is -2.26. The Bertz CT molecular complexity index is 812. The van der Waals surface area contributed by atoms with Crippen LogP contribution in [0.2, 0.25) is 5.15 Å². The lowest BCUT2D eigenvalue weighted by molar-refractivity contribution is 0.0940. The molecular formula is C17H16ClN3OS. The van der Waals surface area contributed by atoms with E-state index < -0.39 is 0 Å². The summed E-state index contributed by atoms with van der Waals surface area (Å²) in [5.41, 5.74) is 1.85. The predicted molar refractivity (Wildman–Crippen MR) is 93.5 cm³/mol. The van der Waals surface area contributed by atoms with Gasteiger partial charge in [-0.1, -0.05) is 35.9 Å². The van der Waals surface area contributed by atoms with Gasteiger partial charge in [-0.3, -0.25) is 4.79 Å². The smallest absolute Gasteiger partial charge is 0.256 e. The number of rotatable bonds is 4. The number of benzene rings is 1. The lowest BCUT2D eigenvalue weighted by Gasteiger charge is -2.12. The molecule has 23 heavy (non-hydrogen) atoms. The van der Waals surface area contributed by atoms with Crippen molar-refractivity contribution in [1.82, 2.24) is 15.1 Å². The van der Waals surface area contributed by atoms with Gasteiger partial charge in [0.15, 0.2) is 0 Å². The number of aryl methyl sites for hydroxylation is 1. The zero-order valence-electron chi connectivity index (χ0n) is 12.8. The second kappa shape index (κ2) is 6.56. The molecule has 3 rings (SSSR count). The first-order chi connectivity index (χ1) is 11.1. The molecule has 1 atom stereocenters. The average molecular weight is 346 g/mol. The molecule has 0 unspecified atom stereocenters. The summed E-state index contributed by atoms with van der Waals surface area (Å²) in [6.07, 6.45) is 0.